The fourth-order valence-electron chi connectivity index (χ4n) is 2.94. The van der Waals surface area contributed by atoms with Crippen molar-refractivity contribution in [2.75, 3.05) is 0 Å². The normalized spacial score (nSPS) is 10.5. The average Bonchev–Trinajstić information content (AvgIpc) is 3.30. The maximum atomic E-state index is 12.3. The van der Waals surface area contributed by atoms with E-state index in [2.05, 4.69) is 10.4 Å². The predicted molar refractivity (Wildman–Crippen MR) is 112 cm³/mol. The van der Waals surface area contributed by atoms with Crippen LogP contribution >= 0.6 is 0 Å². The van der Waals surface area contributed by atoms with E-state index in [0.29, 0.717) is 13.0 Å². The van der Waals surface area contributed by atoms with Crippen LogP contribution in [0.2, 0.25) is 0 Å². The molecule has 0 aliphatic carbocycles. The summed E-state index contributed by atoms with van der Waals surface area (Å²) in [5, 5.41) is 7.16. The number of nitrogens with one attached hydrogen (secondary N) is 1. The van der Waals surface area contributed by atoms with Crippen molar-refractivity contribution >= 4 is 5.91 Å². The van der Waals surface area contributed by atoms with E-state index in [4.69, 9.17) is 4.74 Å². The molecule has 0 aliphatic rings. The largest absolute Gasteiger partial charge is 0.457 e. The van der Waals surface area contributed by atoms with E-state index in [1.165, 1.54) is 0 Å². The Hall–Kier alpha value is -3.86. The molecule has 0 saturated heterocycles. The van der Waals surface area contributed by atoms with Gasteiger partial charge in [-0.25, -0.2) is 4.68 Å². The number of rotatable bonds is 7. The lowest BCUT2D eigenvalue weighted by molar-refractivity contribution is -0.120. The van der Waals surface area contributed by atoms with Gasteiger partial charge in [0, 0.05) is 18.9 Å². The van der Waals surface area contributed by atoms with Crippen LogP contribution in [0.4, 0.5) is 0 Å². The fraction of sp³-hybridized carbons (Fsp3) is 0.0833. The van der Waals surface area contributed by atoms with Crippen LogP contribution in [-0.4, -0.2) is 15.7 Å². The molecule has 29 heavy (non-hydrogen) atoms. The van der Waals surface area contributed by atoms with Gasteiger partial charge < -0.3 is 10.1 Å². The van der Waals surface area contributed by atoms with Gasteiger partial charge in [0.1, 0.15) is 11.5 Å². The summed E-state index contributed by atoms with van der Waals surface area (Å²) in [4.78, 5) is 12.3. The number of ether oxygens (including phenoxy) is 1. The minimum absolute atomic E-state index is 0.0125. The first kappa shape index (κ1) is 18.5. The lowest BCUT2D eigenvalue weighted by atomic mass is 10.1. The van der Waals surface area contributed by atoms with Crippen LogP contribution in [-0.2, 0) is 17.8 Å². The van der Waals surface area contributed by atoms with Gasteiger partial charge in [0.05, 0.1) is 12.1 Å². The molecule has 0 saturated carbocycles. The topological polar surface area (TPSA) is 56.2 Å². The summed E-state index contributed by atoms with van der Waals surface area (Å²) in [5.74, 6) is 1.55. The molecule has 0 atom stereocenters. The number of para-hydroxylation sites is 1. The minimum Gasteiger partial charge on any atom is -0.457 e. The van der Waals surface area contributed by atoms with Crippen LogP contribution < -0.4 is 10.1 Å². The van der Waals surface area contributed by atoms with Crippen molar-refractivity contribution < 1.29 is 9.53 Å². The first-order chi connectivity index (χ1) is 14.3. The van der Waals surface area contributed by atoms with E-state index in [1.54, 1.807) is 10.9 Å². The summed E-state index contributed by atoms with van der Waals surface area (Å²) in [5.41, 5.74) is 2.95. The molecule has 0 unspecified atom stereocenters. The van der Waals surface area contributed by atoms with Crippen LogP contribution in [0.25, 0.3) is 5.69 Å². The van der Waals surface area contributed by atoms with E-state index in [9.17, 15) is 4.79 Å². The third kappa shape index (κ3) is 5.11. The van der Waals surface area contributed by atoms with Crippen LogP contribution in [0.5, 0.6) is 11.5 Å². The van der Waals surface area contributed by atoms with E-state index in [0.717, 1.165) is 28.3 Å². The molecule has 0 radical (unpaired) electrons. The zero-order valence-corrected chi connectivity index (χ0v) is 15.9. The molecule has 3 aromatic carbocycles. The van der Waals surface area contributed by atoms with Crippen molar-refractivity contribution in [3.05, 3.63) is 108 Å². The maximum absolute atomic E-state index is 12.3. The molecule has 0 fully saturated rings. The summed E-state index contributed by atoms with van der Waals surface area (Å²) in [6, 6.07) is 27.1. The highest BCUT2D eigenvalue weighted by Crippen LogP contribution is 2.21. The van der Waals surface area contributed by atoms with Crippen LogP contribution in [0, 0.1) is 0 Å². The second kappa shape index (κ2) is 8.89. The van der Waals surface area contributed by atoms with Gasteiger partial charge in [-0.15, -0.1) is 0 Å². The van der Waals surface area contributed by atoms with E-state index >= 15 is 0 Å². The SMILES string of the molecule is O=C(Cc1ccc(-n2cccn2)cc1)NCc1ccc(Oc2ccccc2)cc1. The Morgan fingerprint density at radius 3 is 2.21 bits per heavy atom. The number of benzene rings is 3. The molecule has 1 N–H and O–H groups in total. The van der Waals surface area contributed by atoms with Crippen molar-refractivity contribution in [1.82, 2.24) is 15.1 Å². The molecule has 4 rings (SSSR count). The van der Waals surface area contributed by atoms with Crippen molar-refractivity contribution in [2.45, 2.75) is 13.0 Å². The standard InChI is InChI=1S/C24H21N3O2/c28-24(17-19-7-11-21(12-8-19)27-16-4-15-26-27)25-18-20-9-13-23(14-10-20)29-22-5-2-1-3-6-22/h1-16H,17-18H2,(H,25,28). The Bertz CT molecular complexity index is 1040. The van der Waals surface area contributed by atoms with Gasteiger partial charge in [0.25, 0.3) is 0 Å². The van der Waals surface area contributed by atoms with E-state index in [1.807, 2.05) is 91.1 Å². The number of amides is 1. The smallest absolute Gasteiger partial charge is 0.224 e. The Balaban J connectivity index is 1.27. The third-order valence-electron chi connectivity index (χ3n) is 4.46. The number of carbonyl (C=O) groups excluding carboxylic acids is 1. The number of nitrogens with zero attached hydrogens (tertiary/aromatic N) is 2. The summed E-state index contributed by atoms with van der Waals surface area (Å²) >= 11 is 0. The molecule has 0 aliphatic heterocycles. The van der Waals surface area contributed by atoms with Gasteiger partial charge in [-0.05, 0) is 53.6 Å². The highest BCUT2D eigenvalue weighted by molar-refractivity contribution is 5.78. The molecule has 1 amide bonds. The highest BCUT2D eigenvalue weighted by atomic mass is 16.5. The van der Waals surface area contributed by atoms with E-state index in [-0.39, 0.29) is 5.91 Å². The van der Waals surface area contributed by atoms with Gasteiger partial charge >= 0.3 is 0 Å². The lowest BCUT2D eigenvalue weighted by Crippen LogP contribution is -2.24. The Morgan fingerprint density at radius 1 is 0.828 bits per heavy atom. The van der Waals surface area contributed by atoms with Crippen molar-refractivity contribution in [2.24, 2.45) is 0 Å². The van der Waals surface area contributed by atoms with E-state index < -0.39 is 0 Å². The Labute approximate surface area is 169 Å². The molecule has 0 spiro atoms. The minimum atomic E-state index is -0.0125. The van der Waals surface area contributed by atoms with Gasteiger partial charge in [0.15, 0.2) is 0 Å². The molecule has 1 heterocycles. The molecule has 1 aromatic heterocycles. The van der Waals surface area contributed by atoms with Crippen LogP contribution in [0.3, 0.4) is 0 Å². The summed E-state index contributed by atoms with van der Waals surface area (Å²) in [6.07, 6.45) is 3.97. The Kier molecular flexibility index (Phi) is 5.67. The summed E-state index contributed by atoms with van der Waals surface area (Å²) in [7, 11) is 0. The zero-order valence-electron chi connectivity index (χ0n) is 15.9. The molecule has 5 heteroatoms. The van der Waals surface area contributed by atoms with Gasteiger partial charge in [-0.1, -0.05) is 42.5 Å². The van der Waals surface area contributed by atoms with Gasteiger partial charge in [0.2, 0.25) is 5.91 Å². The highest BCUT2D eigenvalue weighted by Gasteiger charge is 2.05. The van der Waals surface area contributed by atoms with Crippen LogP contribution in [0.1, 0.15) is 11.1 Å². The molecule has 5 nitrogen and oxygen atoms in total. The lowest BCUT2D eigenvalue weighted by Gasteiger charge is -2.08. The monoisotopic (exact) mass is 383 g/mol. The number of aromatic nitrogens is 2. The quantitative estimate of drug-likeness (QED) is 0.510. The maximum Gasteiger partial charge on any atom is 0.224 e. The fourth-order valence-corrected chi connectivity index (χ4v) is 2.94. The molecular formula is C24H21N3O2. The second-order valence-corrected chi connectivity index (χ2v) is 6.63. The van der Waals surface area contributed by atoms with Crippen molar-refractivity contribution in [3.8, 4) is 17.2 Å². The third-order valence-corrected chi connectivity index (χ3v) is 4.46. The zero-order chi connectivity index (χ0) is 19.9. The van der Waals surface area contributed by atoms with Gasteiger partial charge in [-0.3, -0.25) is 4.79 Å². The predicted octanol–water partition coefficient (Wildman–Crippen LogP) is 4.52. The summed E-state index contributed by atoms with van der Waals surface area (Å²) < 4.78 is 7.57. The first-order valence-corrected chi connectivity index (χ1v) is 9.44. The van der Waals surface area contributed by atoms with Crippen molar-refractivity contribution in [3.63, 3.8) is 0 Å². The number of hydrogen-bond acceptors (Lipinski definition) is 3. The summed E-state index contributed by atoms with van der Waals surface area (Å²) in [6.45, 7) is 0.482. The second-order valence-electron chi connectivity index (χ2n) is 6.63. The van der Waals surface area contributed by atoms with Crippen molar-refractivity contribution in [1.29, 1.82) is 0 Å². The van der Waals surface area contributed by atoms with Gasteiger partial charge in [-0.2, -0.15) is 5.10 Å². The van der Waals surface area contributed by atoms with Crippen LogP contribution in [0.15, 0.2) is 97.3 Å². The molecule has 4 aromatic rings. The number of hydrogen-bond donors (Lipinski definition) is 1. The first-order valence-electron chi connectivity index (χ1n) is 9.44. The molecular weight excluding hydrogens is 362 g/mol. The Morgan fingerprint density at radius 2 is 1.52 bits per heavy atom. The average molecular weight is 383 g/mol. The molecule has 0 bridgehead atoms. The number of carbonyl (C=O) groups is 1. The molecule has 144 valence electrons.